The molecule has 0 spiro atoms. The third kappa shape index (κ3) is 5.37. The Balaban J connectivity index is 2.00. The van der Waals surface area contributed by atoms with Crippen molar-refractivity contribution in [1.29, 1.82) is 0 Å². The van der Waals surface area contributed by atoms with Gasteiger partial charge in [0.15, 0.2) is 0 Å². The van der Waals surface area contributed by atoms with Crippen LogP contribution in [0.3, 0.4) is 0 Å². The van der Waals surface area contributed by atoms with Crippen molar-refractivity contribution < 1.29 is 19.1 Å². The van der Waals surface area contributed by atoms with Gasteiger partial charge in [0.05, 0.1) is 19.8 Å². The van der Waals surface area contributed by atoms with Gasteiger partial charge >= 0.3 is 12.1 Å². The van der Waals surface area contributed by atoms with E-state index in [0.29, 0.717) is 18.0 Å². The van der Waals surface area contributed by atoms with Crippen LogP contribution in [-0.2, 0) is 4.74 Å². The van der Waals surface area contributed by atoms with E-state index in [2.05, 4.69) is 10.6 Å². The van der Waals surface area contributed by atoms with E-state index in [4.69, 9.17) is 9.47 Å². The normalized spacial score (nSPS) is 11.3. The molecule has 0 aliphatic heterocycles. The van der Waals surface area contributed by atoms with E-state index in [0.717, 1.165) is 11.3 Å². The zero-order chi connectivity index (χ0) is 19.8. The Morgan fingerprint density at radius 2 is 1.63 bits per heavy atom. The van der Waals surface area contributed by atoms with Gasteiger partial charge in [-0.15, -0.1) is 0 Å². The lowest BCUT2D eigenvalue weighted by molar-refractivity contribution is 0.168. The van der Waals surface area contributed by atoms with E-state index in [1.165, 1.54) is 0 Å². The average Bonchev–Trinajstić information content (AvgIpc) is 2.68. The Morgan fingerprint density at radius 1 is 1.04 bits per heavy atom. The summed E-state index contributed by atoms with van der Waals surface area (Å²) < 4.78 is 10.2. The van der Waals surface area contributed by atoms with Crippen LogP contribution in [0.2, 0.25) is 0 Å². The summed E-state index contributed by atoms with van der Waals surface area (Å²) in [7, 11) is 3.33. The zero-order valence-corrected chi connectivity index (χ0v) is 16.0. The number of urea groups is 1. The Morgan fingerprint density at radius 3 is 2.22 bits per heavy atom. The standard InChI is InChI=1S/C20H25N3O4/c1-5-27-20(25)22-16-12-10-15(11-13-16)21-19(24)23(3)14(2)17-8-6-7-9-18(17)26-4/h6-14H,5H2,1-4H3,(H,21,24)(H,22,25)/t14-/m0/s1. The molecule has 0 heterocycles. The Kier molecular flexibility index (Phi) is 7.05. The molecule has 2 aromatic carbocycles. The number of hydrogen-bond acceptors (Lipinski definition) is 4. The second kappa shape index (κ2) is 9.47. The molecule has 7 nitrogen and oxygen atoms in total. The van der Waals surface area contributed by atoms with Crippen LogP contribution < -0.4 is 15.4 Å². The lowest BCUT2D eigenvalue weighted by Crippen LogP contribution is -2.33. The predicted octanol–water partition coefficient (Wildman–Crippen LogP) is 4.49. The van der Waals surface area contributed by atoms with Crippen molar-refractivity contribution in [2.24, 2.45) is 0 Å². The quantitative estimate of drug-likeness (QED) is 0.784. The summed E-state index contributed by atoms with van der Waals surface area (Å²) in [4.78, 5) is 25.6. The molecule has 2 rings (SSSR count). The van der Waals surface area contributed by atoms with Gasteiger partial charge in [0.2, 0.25) is 0 Å². The number of rotatable bonds is 6. The molecule has 0 aromatic heterocycles. The molecular formula is C20H25N3O4. The van der Waals surface area contributed by atoms with Gasteiger partial charge in [-0.05, 0) is 44.2 Å². The maximum Gasteiger partial charge on any atom is 0.411 e. The van der Waals surface area contributed by atoms with E-state index < -0.39 is 6.09 Å². The van der Waals surface area contributed by atoms with Crippen molar-refractivity contribution in [2.45, 2.75) is 19.9 Å². The maximum absolute atomic E-state index is 12.6. The van der Waals surface area contributed by atoms with Gasteiger partial charge in [-0.2, -0.15) is 0 Å². The Hall–Kier alpha value is -3.22. The van der Waals surface area contributed by atoms with E-state index >= 15 is 0 Å². The summed E-state index contributed by atoms with van der Waals surface area (Å²) >= 11 is 0. The molecule has 3 amide bonds. The summed E-state index contributed by atoms with van der Waals surface area (Å²) in [6.45, 7) is 3.97. The third-order valence-electron chi connectivity index (χ3n) is 4.15. The molecule has 0 bridgehead atoms. The smallest absolute Gasteiger partial charge is 0.411 e. The molecular weight excluding hydrogens is 346 g/mol. The zero-order valence-electron chi connectivity index (χ0n) is 16.0. The molecule has 2 N–H and O–H groups in total. The van der Waals surface area contributed by atoms with Gasteiger partial charge in [-0.1, -0.05) is 18.2 Å². The molecule has 0 aliphatic carbocycles. The molecule has 0 unspecified atom stereocenters. The van der Waals surface area contributed by atoms with Gasteiger partial charge in [0.1, 0.15) is 5.75 Å². The van der Waals surface area contributed by atoms with Crippen molar-refractivity contribution in [2.75, 3.05) is 31.4 Å². The van der Waals surface area contributed by atoms with Crippen LogP contribution in [0.4, 0.5) is 21.0 Å². The lowest BCUT2D eigenvalue weighted by Gasteiger charge is -2.26. The second-order valence-electron chi connectivity index (χ2n) is 5.88. The maximum atomic E-state index is 12.6. The molecule has 27 heavy (non-hydrogen) atoms. The van der Waals surface area contributed by atoms with Crippen molar-refractivity contribution in [3.8, 4) is 5.75 Å². The molecule has 0 fully saturated rings. The van der Waals surface area contributed by atoms with Crippen molar-refractivity contribution in [3.05, 3.63) is 54.1 Å². The van der Waals surface area contributed by atoms with Crippen LogP contribution >= 0.6 is 0 Å². The first-order valence-corrected chi connectivity index (χ1v) is 8.66. The number of amides is 3. The number of ether oxygens (including phenoxy) is 2. The van der Waals surface area contributed by atoms with Crippen LogP contribution in [0.25, 0.3) is 0 Å². The van der Waals surface area contributed by atoms with Crippen LogP contribution in [0.1, 0.15) is 25.5 Å². The summed E-state index contributed by atoms with van der Waals surface area (Å²) in [5.41, 5.74) is 2.13. The van der Waals surface area contributed by atoms with Gasteiger partial charge in [0.25, 0.3) is 0 Å². The molecule has 1 atom stereocenters. The molecule has 7 heteroatoms. The number of carbonyl (C=O) groups is 2. The summed E-state index contributed by atoms with van der Waals surface area (Å²) in [5.74, 6) is 0.735. The molecule has 2 aromatic rings. The largest absolute Gasteiger partial charge is 0.496 e. The highest BCUT2D eigenvalue weighted by molar-refractivity contribution is 5.90. The number of para-hydroxylation sites is 1. The SMILES string of the molecule is CCOC(=O)Nc1ccc(NC(=O)N(C)[C@@H](C)c2ccccc2OC)cc1. The third-order valence-corrected chi connectivity index (χ3v) is 4.15. The fourth-order valence-corrected chi connectivity index (χ4v) is 2.53. The van der Waals surface area contributed by atoms with Crippen LogP contribution in [0, 0.1) is 0 Å². The predicted molar refractivity (Wildman–Crippen MR) is 105 cm³/mol. The van der Waals surface area contributed by atoms with Crippen LogP contribution in [0.15, 0.2) is 48.5 Å². The van der Waals surface area contributed by atoms with Gasteiger partial charge < -0.3 is 19.7 Å². The van der Waals surface area contributed by atoms with E-state index in [9.17, 15) is 9.59 Å². The minimum absolute atomic E-state index is 0.175. The van der Waals surface area contributed by atoms with Crippen molar-refractivity contribution >= 4 is 23.5 Å². The number of hydrogen-bond donors (Lipinski definition) is 2. The van der Waals surface area contributed by atoms with Gasteiger partial charge in [0, 0.05) is 24.0 Å². The first-order valence-electron chi connectivity index (χ1n) is 8.66. The van der Waals surface area contributed by atoms with Crippen molar-refractivity contribution in [3.63, 3.8) is 0 Å². The van der Waals surface area contributed by atoms with E-state index in [1.54, 1.807) is 50.2 Å². The monoisotopic (exact) mass is 371 g/mol. The van der Waals surface area contributed by atoms with E-state index in [1.807, 2.05) is 31.2 Å². The first kappa shape index (κ1) is 20.1. The van der Waals surface area contributed by atoms with Gasteiger partial charge in [-0.25, -0.2) is 9.59 Å². The average molecular weight is 371 g/mol. The highest BCUT2D eigenvalue weighted by Crippen LogP contribution is 2.28. The number of anilines is 2. The number of benzene rings is 2. The number of methoxy groups -OCH3 is 1. The van der Waals surface area contributed by atoms with Gasteiger partial charge in [-0.3, -0.25) is 5.32 Å². The summed E-state index contributed by atoms with van der Waals surface area (Å²) in [6.07, 6.45) is -0.514. The topological polar surface area (TPSA) is 79.9 Å². The summed E-state index contributed by atoms with van der Waals surface area (Å²) in [5, 5.41) is 5.44. The minimum atomic E-state index is -0.514. The Labute approximate surface area is 159 Å². The fraction of sp³-hybridized carbons (Fsp3) is 0.300. The molecule has 0 saturated carbocycles. The highest BCUT2D eigenvalue weighted by atomic mass is 16.5. The number of nitrogens with zero attached hydrogens (tertiary/aromatic N) is 1. The minimum Gasteiger partial charge on any atom is -0.496 e. The highest BCUT2D eigenvalue weighted by Gasteiger charge is 2.20. The second-order valence-corrected chi connectivity index (χ2v) is 5.88. The molecule has 144 valence electrons. The number of nitrogens with one attached hydrogen (secondary N) is 2. The molecule has 0 aliphatic rings. The Bertz CT molecular complexity index is 777. The summed E-state index contributed by atoms with van der Waals surface area (Å²) in [6, 6.07) is 14.0. The first-order chi connectivity index (χ1) is 13.0. The molecule has 0 saturated heterocycles. The van der Waals surface area contributed by atoms with Crippen LogP contribution in [-0.4, -0.2) is 37.8 Å². The fourth-order valence-electron chi connectivity index (χ4n) is 2.53. The number of carbonyl (C=O) groups excluding carboxylic acids is 2. The van der Waals surface area contributed by atoms with Crippen molar-refractivity contribution in [1.82, 2.24) is 4.90 Å². The van der Waals surface area contributed by atoms with E-state index in [-0.39, 0.29) is 12.1 Å². The van der Waals surface area contributed by atoms with Crippen LogP contribution in [0.5, 0.6) is 5.75 Å². The lowest BCUT2D eigenvalue weighted by atomic mass is 10.1. The molecule has 0 radical (unpaired) electrons.